The van der Waals surface area contributed by atoms with Crippen LogP contribution in [-0.4, -0.2) is 48.9 Å². The number of rotatable bonds is 6. The average Bonchev–Trinajstić information content (AvgIpc) is 2.37. The van der Waals surface area contributed by atoms with Gasteiger partial charge >= 0.3 is 5.97 Å². The molecule has 0 aliphatic rings. The number of aromatic carboxylic acids is 1. The molecule has 1 N–H and O–H groups in total. The van der Waals surface area contributed by atoms with E-state index in [0.717, 1.165) is 6.07 Å². The van der Waals surface area contributed by atoms with E-state index in [0.29, 0.717) is 5.75 Å². The number of hydrogen-bond donors (Lipinski definition) is 1. The Kier molecular flexibility index (Phi) is 5.88. The quantitative estimate of drug-likeness (QED) is 0.862. The molecule has 0 saturated carbocycles. The maximum Gasteiger partial charge on any atom is 0.335 e. The van der Waals surface area contributed by atoms with Crippen LogP contribution in [0.2, 0.25) is 5.02 Å². The Morgan fingerprint density at radius 2 is 2.10 bits per heavy atom. The van der Waals surface area contributed by atoms with Crippen molar-refractivity contribution >= 4 is 39.4 Å². The van der Waals surface area contributed by atoms with E-state index in [1.54, 1.807) is 6.92 Å². The standard InChI is InChI=1S/C12H16ClNO4S2/c1-8(7-19-3)14(2)20(17,18)11-6-9(12(15)16)4-5-10(11)13/h4-6,8H,7H2,1-3H3,(H,15,16). The van der Waals surface area contributed by atoms with Gasteiger partial charge in [0.15, 0.2) is 0 Å². The molecule has 1 rings (SSSR count). The highest BCUT2D eigenvalue weighted by Gasteiger charge is 2.28. The van der Waals surface area contributed by atoms with Crippen LogP contribution in [0.4, 0.5) is 0 Å². The molecule has 0 fully saturated rings. The smallest absolute Gasteiger partial charge is 0.335 e. The molecule has 0 aliphatic heterocycles. The van der Waals surface area contributed by atoms with Gasteiger partial charge in [-0.3, -0.25) is 0 Å². The summed E-state index contributed by atoms with van der Waals surface area (Å²) >= 11 is 7.44. The molecule has 5 nitrogen and oxygen atoms in total. The molecule has 1 aromatic carbocycles. The minimum absolute atomic E-state index is 0.0122. The predicted octanol–water partition coefficient (Wildman–Crippen LogP) is 2.41. The van der Waals surface area contributed by atoms with Gasteiger partial charge in [-0.25, -0.2) is 13.2 Å². The highest BCUT2D eigenvalue weighted by Crippen LogP contribution is 2.26. The van der Waals surface area contributed by atoms with E-state index >= 15 is 0 Å². The molecule has 8 heteroatoms. The molecule has 1 aromatic rings. The molecule has 0 saturated heterocycles. The molecular formula is C12H16ClNO4S2. The van der Waals surface area contributed by atoms with Crippen molar-refractivity contribution in [3.63, 3.8) is 0 Å². The fraction of sp³-hybridized carbons (Fsp3) is 0.417. The summed E-state index contributed by atoms with van der Waals surface area (Å²) < 4.78 is 26.2. The summed E-state index contributed by atoms with van der Waals surface area (Å²) in [5, 5.41) is 8.96. The molecule has 0 aromatic heterocycles. The van der Waals surface area contributed by atoms with Gasteiger partial charge in [0, 0.05) is 18.8 Å². The zero-order chi connectivity index (χ0) is 15.5. The Bertz CT molecular complexity index is 603. The average molecular weight is 338 g/mol. The summed E-state index contributed by atoms with van der Waals surface area (Å²) in [6, 6.07) is 3.42. The van der Waals surface area contributed by atoms with Gasteiger partial charge in [0.05, 0.1) is 10.6 Å². The molecule has 20 heavy (non-hydrogen) atoms. The number of sulfonamides is 1. The molecule has 0 spiro atoms. The van der Waals surface area contributed by atoms with Gasteiger partial charge in [0.1, 0.15) is 4.90 Å². The van der Waals surface area contributed by atoms with Crippen LogP contribution in [0, 0.1) is 0 Å². The van der Waals surface area contributed by atoms with Gasteiger partial charge < -0.3 is 5.11 Å². The van der Waals surface area contributed by atoms with Crippen LogP contribution >= 0.6 is 23.4 Å². The number of carboxylic acids is 1. The lowest BCUT2D eigenvalue weighted by molar-refractivity contribution is 0.0696. The van der Waals surface area contributed by atoms with E-state index in [1.807, 2.05) is 6.26 Å². The van der Waals surface area contributed by atoms with Crippen LogP contribution in [0.25, 0.3) is 0 Å². The Morgan fingerprint density at radius 3 is 2.60 bits per heavy atom. The first-order valence-corrected chi connectivity index (χ1v) is 8.92. The first-order chi connectivity index (χ1) is 9.21. The van der Waals surface area contributed by atoms with Crippen molar-refractivity contribution in [1.29, 1.82) is 0 Å². The van der Waals surface area contributed by atoms with E-state index in [4.69, 9.17) is 16.7 Å². The minimum atomic E-state index is -3.82. The van der Waals surface area contributed by atoms with Gasteiger partial charge in [0.2, 0.25) is 10.0 Å². The summed E-state index contributed by atoms with van der Waals surface area (Å²) in [6.07, 6.45) is 1.88. The van der Waals surface area contributed by atoms with Crippen molar-refractivity contribution in [2.75, 3.05) is 19.1 Å². The number of nitrogens with zero attached hydrogens (tertiary/aromatic N) is 1. The third-order valence-corrected chi connectivity index (χ3v) is 6.13. The molecular weight excluding hydrogens is 322 g/mol. The summed E-state index contributed by atoms with van der Waals surface area (Å²) in [7, 11) is -2.36. The minimum Gasteiger partial charge on any atom is -0.478 e. The van der Waals surface area contributed by atoms with E-state index in [-0.39, 0.29) is 21.5 Å². The van der Waals surface area contributed by atoms with Gasteiger partial charge in [-0.15, -0.1) is 0 Å². The van der Waals surface area contributed by atoms with Gasteiger partial charge in [0.25, 0.3) is 0 Å². The Hall–Kier alpha value is -0.760. The largest absolute Gasteiger partial charge is 0.478 e. The zero-order valence-corrected chi connectivity index (χ0v) is 13.7. The Balaban J connectivity index is 3.27. The first-order valence-electron chi connectivity index (χ1n) is 5.71. The van der Waals surface area contributed by atoms with E-state index in [1.165, 1.54) is 35.2 Å². The highest BCUT2D eigenvalue weighted by molar-refractivity contribution is 7.98. The lowest BCUT2D eigenvalue weighted by Crippen LogP contribution is -2.36. The molecule has 0 amide bonds. The van der Waals surface area contributed by atoms with Crippen LogP contribution < -0.4 is 0 Å². The van der Waals surface area contributed by atoms with Crippen molar-refractivity contribution in [2.45, 2.75) is 17.9 Å². The van der Waals surface area contributed by atoms with Gasteiger partial charge in [-0.2, -0.15) is 16.1 Å². The molecule has 1 atom stereocenters. The summed E-state index contributed by atoms with van der Waals surface area (Å²) in [5.74, 6) is -0.565. The summed E-state index contributed by atoms with van der Waals surface area (Å²) in [5.41, 5.74) is -0.112. The van der Waals surface area contributed by atoms with Crippen LogP contribution in [0.5, 0.6) is 0 Å². The molecule has 0 heterocycles. The molecule has 0 aliphatic carbocycles. The first kappa shape index (κ1) is 17.3. The van der Waals surface area contributed by atoms with Crippen molar-refractivity contribution in [2.24, 2.45) is 0 Å². The van der Waals surface area contributed by atoms with E-state index < -0.39 is 16.0 Å². The van der Waals surface area contributed by atoms with Gasteiger partial charge in [-0.1, -0.05) is 11.6 Å². The number of carbonyl (C=O) groups is 1. The van der Waals surface area contributed by atoms with Gasteiger partial charge in [-0.05, 0) is 31.4 Å². The lowest BCUT2D eigenvalue weighted by Gasteiger charge is -2.24. The molecule has 0 radical (unpaired) electrons. The maximum absolute atomic E-state index is 12.5. The van der Waals surface area contributed by atoms with Crippen molar-refractivity contribution in [3.05, 3.63) is 28.8 Å². The van der Waals surface area contributed by atoms with Crippen LogP contribution in [0.3, 0.4) is 0 Å². The second kappa shape index (κ2) is 6.80. The number of thioether (sulfide) groups is 1. The molecule has 112 valence electrons. The maximum atomic E-state index is 12.5. The number of benzene rings is 1. The van der Waals surface area contributed by atoms with Crippen molar-refractivity contribution in [1.82, 2.24) is 4.31 Å². The molecule has 0 bridgehead atoms. The topological polar surface area (TPSA) is 74.7 Å². The van der Waals surface area contributed by atoms with Crippen molar-refractivity contribution < 1.29 is 18.3 Å². The number of carboxylic acid groups (broad SMARTS) is 1. The third-order valence-electron chi connectivity index (χ3n) is 2.86. The Labute approximate surface area is 128 Å². The zero-order valence-electron chi connectivity index (χ0n) is 11.3. The van der Waals surface area contributed by atoms with Crippen LogP contribution in [0.1, 0.15) is 17.3 Å². The normalized spacial score (nSPS) is 13.4. The summed E-state index contributed by atoms with van der Waals surface area (Å²) in [6.45, 7) is 1.78. The number of hydrogen-bond acceptors (Lipinski definition) is 4. The second-order valence-corrected chi connectivity index (χ2v) is 7.56. The molecule has 1 unspecified atom stereocenters. The van der Waals surface area contributed by atoms with Crippen LogP contribution in [-0.2, 0) is 10.0 Å². The van der Waals surface area contributed by atoms with Crippen LogP contribution in [0.15, 0.2) is 23.1 Å². The summed E-state index contributed by atoms with van der Waals surface area (Å²) in [4.78, 5) is 10.8. The van der Waals surface area contributed by atoms with E-state index in [9.17, 15) is 13.2 Å². The van der Waals surface area contributed by atoms with Crippen molar-refractivity contribution in [3.8, 4) is 0 Å². The SMILES string of the molecule is CSCC(C)N(C)S(=O)(=O)c1cc(C(=O)O)ccc1Cl. The fourth-order valence-corrected chi connectivity index (χ4v) is 4.23. The Morgan fingerprint density at radius 1 is 1.50 bits per heavy atom. The van der Waals surface area contributed by atoms with E-state index in [2.05, 4.69) is 0 Å². The lowest BCUT2D eigenvalue weighted by atomic mass is 10.2. The highest BCUT2D eigenvalue weighted by atomic mass is 35.5. The predicted molar refractivity (Wildman–Crippen MR) is 81.2 cm³/mol. The monoisotopic (exact) mass is 337 g/mol. The number of halogens is 1. The second-order valence-electron chi connectivity index (χ2n) is 4.28. The third kappa shape index (κ3) is 3.66. The fourth-order valence-electron chi connectivity index (χ4n) is 1.57.